The van der Waals surface area contributed by atoms with Gasteiger partial charge in [-0.25, -0.2) is 4.39 Å². The van der Waals surface area contributed by atoms with E-state index in [2.05, 4.69) is 10.00 Å². The minimum absolute atomic E-state index is 0.0164. The molecule has 1 aromatic heterocycles. The highest BCUT2D eigenvalue weighted by atomic mass is 32.2. The molecule has 1 amide bonds. The van der Waals surface area contributed by atoms with Gasteiger partial charge in [-0.1, -0.05) is 0 Å². The van der Waals surface area contributed by atoms with Crippen molar-refractivity contribution in [2.24, 2.45) is 7.05 Å². The molecule has 1 atom stereocenters. The van der Waals surface area contributed by atoms with E-state index in [-0.39, 0.29) is 17.8 Å². The topological polar surface area (TPSA) is 41.4 Å². The van der Waals surface area contributed by atoms with E-state index < -0.39 is 0 Å². The van der Waals surface area contributed by atoms with Crippen molar-refractivity contribution in [3.05, 3.63) is 41.8 Å². The molecule has 1 aromatic carbocycles. The van der Waals surface area contributed by atoms with Gasteiger partial charge in [-0.15, -0.1) is 0 Å². The quantitative estimate of drug-likeness (QED) is 0.823. The normalized spacial score (nSPS) is 18.2. The summed E-state index contributed by atoms with van der Waals surface area (Å²) in [4.78, 5) is 17.4. The predicted octanol–water partition coefficient (Wildman–Crippen LogP) is 2.74. The number of thioether (sulfide) groups is 1. The second-order valence-corrected chi connectivity index (χ2v) is 8.04. The molecule has 26 heavy (non-hydrogen) atoms. The number of hydrogen-bond donors (Lipinski definition) is 0. The van der Waals surface area contributed by atoms with E-state index in [9.17, 15) is 9.18 Å². The molecule has 1 aliphatic heterocycles. The van der Waals surface area contributed by atoms with Gasteiger partial charge in [0.2, 0.25) is 0 Å². The van der Waals surface area contributed by atoms with Crippen LogP contribution in [0.1, 0.15) is 16.9 Å². The Morgan fingerprint density at radius 2 is 2.08 bits per heavy atom. The SMILES string of the molecule is CN(C)C[C@@H]1CSCCCN1C(=O)c1cc(-c2ccc(F)cc2)nn1C. The van der Waals surface area contributed by atoms with E-state index >= 15 is 0 Å². The fourth-order valence-corrected chi connectivity index (χ4v) is 4.30. The van der Waals surface area contributed by atoms with Crippen LogP contribution in [0.3, 0.4) is 0 Å². The number of hydrogen-bond acceptors (Lipinski definition) is 4. The Morgan fingerprint density at radius 3 is 2.77 bits per heavy atom. The van der Waals surface area contributed by atoms with Crippen molar-refractivity contribution in [3.63, 3.8) is 0 Å². The van der Waals surface area contributed by atoms with Gasteiger partial charge in [0.15, 0.2) is 0 Å². The lowest BCUT2D eigenvalue weighted by Gasteiger charge is -2.31. The molecule has 0 aliphatic carbocycles. The molecule has 2 heterocycles. The third kappa shape index (κ3) is 4.27. The number of aromatic nitrogens is 2. The lowest BCUT2D eigenvalue weighted by atomic mass is 10.1. The summed E-state index contributed by atoms with van der Waals surface area (Å²) in [6.07, 6.45) is 1.00. The Hall–Kier alpha value is -1.86. The maximum absolute atomic E-state index is 13.2. The third-order valence-electron chi connectivity index (χ3n) is 4.51. The summed E-state index contributed by atoms with van der Waals surface area (Å²) in [7, 11) is 5.86. The Balaban J connectivity index is 1.87. The van der Waals surface area contributed by atoms with Crippen LogP contribution in [0.2, 0.25) is 0 Å². The molecule has 0 spiro atoms. The number of likely N-dealkylation sites (N-methyl/N-ethyl adjacent to an activating group) is 1. The molecule has 0 saturated carbocycles. The maximum atomic E-state index is 13.2. The van der Waals surface area contributed by atoms with E-state index in [0.29, 0.717) is 11.4 Å². The number of aryl methyl sites for hydroxylation is 1. The zero-order valence-corrected chi connectivity index (χ0v) is 16.3. The first kappa shape index (κ1) is 18.9. The second kappa shape index (κ2) is 8.22. The summed E-state index contributed by atoms with van der Waals surface area (Å²) >= 11 is 1.91. The van der Waals surface area contributed by atoms with E-state index in [1.54, 1.807) is 29.9 Å². The van der Waals surface area contributed by atoms with Gasteiger partial charge in [0.1, 0.15) is 11.5 Å². The fraction of sp³-hybridized carbons (Fsp3) is 0.474. The first-order chi connectivity index (χ1) is 12.5. The van der Waals surface area contributed by atoms with Crippen LogP contribution in [-0.4, -0.2) is 70.2 Å². The number of benzene rings is 1. The average molecular weight is 377 g/mol. The molecule has 1 fully saturated rings. The number of halogens is 1. The molecular formula is C19H25FN4OS. The number of nitrogens with zero attached hydrogens (tertiary/aromatic N) is 4. The van der Waals surface area contributed by atoms with Gasteiger partial charge in [0.25, 0.3) is 5.91 Å². The van der Waals surface area contributed by atoms with Crippen molar-refractivity contribution in [2.45, 2.75) is 12.5 Å². The van der Waals surface area contributed by atoms with Crippen LogP contribution in [0, 0.1) is 5.82 Å². The number of carbonyl (C=O) groups is 1. The lowest BCUT2D eigenvalue weighted by molar-refractivity contribution is 0.0664. The first-order valence-electron chi connectivity index (χ1n) is 8.79. The minimum Gasteiger partial charge on any atom is -0.332 e. The van der Waals surface area contributed by atoms with Gasteiger partial charge < -0.3 is 9.80 Å². The van der Waals surface area contributed by atoms with Gasteiger partial charge in [-0.05, 0) is 56.6 Å². The smallest absolute Gasteiger partial charge is 0.272 e. The highest BCUT2D eigenvalue weighted by Gasteiger charge is 2.29. The van der Waals surface area contributed by atoms with Crippen molar-refractivity contribution < 1.29 is 9.18 Å². The van der Waals surface area contributed by atoms with Crippen LogP contribution in [-0.2, 0) is 7.05 Å². The van der Waals surface area contributed by atoms with Crippen molar-refractivity contribution in [1.82, 2.24) is 19.6 Å². The predicted molar refractivity (Wildman–Crippen MR) is 104 cm³/mol. The van der Waals surface area contributed by atoms with E-state index in [4.69, 9.17) is 0 Å². The zero-order valence-electron chi connectivity index (χ0n) is 15.5. The monoisotopic (exact) mass is 376 g/mol. The second-order valence-electron chi connectivity index (χ2n) is 6.89. The molecule has 7 heteroatoms. The summed E-state index contributed by atoms with van der Waals surface area (Å²) in [5, 5.41) is 4.47. The number of amides is 1. The van der Waals surface area contributed by atoms with Crippen molar-refractivity contribution in [2.75, 3.05) is 38.7 Å². The summed E-state index contributed by atoms with van der Waals surface area (Å²) in [5.41, 5.74) is 2.06. The van der Waals surface area contributed by atoms with Crippen LogP contribution in [0.5, 0.6) is 0 Å². The first-order valence-corrected chi connectivity index (χ1v) is 9.94. The highest BCUT2D eigenvalue weighted by molar-refractivity contribution is 7.99. The summed E-state index contributed by atoms with van der Waals surface area (Å²) in [5.74, 6) is 1.77. The molecule has 140 valence electrons. The molecule has 0 radical (unpaired) electrons. The third-order valence-corrected chi connectivity index (χ3v) is 5.71. The van der Waals surface area contributed by atoms with Gasteiger partial charge in [0.05, 0.1) is 11.7 Å². The molecule has 1 aliphatic rings. The standard InChI is InChI=1S/C19H25FN4OS/c1-22(2)12-16-13-26-10-4-9-24(16)19(25)18-11-17(21-23(18)3)14-5-7-15(20)8-6-14/h5-8,11,16H,4,9-10,12-13H2,1-3H3/t16-/m1/s1. The summed E-state index contributed by atoms with van der Waals surface area (Å²) < 4.78 is 14.8. The molecular weight excluding hydrogens is 351 g/mol. The Labute approximate surface area is 158 Å². The molecule has 1 saturated heterocycles. The van der Waals surface area contributed by atoms with Crippen LogP contribution in [0.15, 0.2) is 30.3 Å². The van der Waals surface area contributed by atoms with E-state index in [1.165, 1.54) is 12.1 Å². The highest BCUT2D eigenvalue weighted by Crippen LogP contribution is 2.23. The molecule has 0 bridgehead atoms. The molecule has 5 nitrogen and oxygen atoms in total. The van der Waals surface area contributed by atoms with Gasteiger partial charge in [-0.3, -0.25) is 9.48 Å². The Morgan fingerprint density at radius 1 is 1.35 bits per heavy atom. The lowest BCUT2D eigenvalue weighted by Crippen LogP contribution is -2.47. The summed E-state index contributed by atoms with van der Waals surface area (Å²) in [6.45, 7) is 1.61. The molecule has 0 N–H and O–H groups in total. The zero-order chi connectivity index (χ0) is 18.7. The van der Waals surface area contributed by atoms with Gasteiger partial charge >= 0.3 is 0 Å². The summed E-state index contributed by atoms with van der Waals surface area (Å²) in [6, 6.07) is 8.18. The minimum atomic E-state index is -0.283. The van der Waals surface area contributed by atoms with E-state index in [0.717, 1.165) is 36.6 Å². The van der Waals surface area contributed by atoms with Gasteiger partial charge in [-0.2, -0.15) is 16.9 Å². The molecule has 3 rings (SSSR count). The largest absolute Gasteiger partial charge is 0.332 e. The van der Waals surface area contributed by atoms with Crippen LogP contribution in [0.25, 0.3) is 11.3 Å². The Kier molecular flexibility index (Phi) is 5.98. The molecule has 0 unspecified atom stereocenters. The fourth-order valence-electron chi connectivity index (χ4n) is 3.25. The number of carbonyl (C=O) groups excluding carboxylic acids is 1. The van der Waals surface area contributed by atoms with Crippen LogP contribution >= 0.6 is 11.8 Å². The maximum Gasteiger partial charge on any atom is 0.272 e. The molecule has 2 aromatic rings. The van der Waals surface area contributed by atoms with Crippen molar-refractivity contribution in [3.8, 4) is 11.3 Å². The van der Waals surface area contributed by atoms with Crippen LogP contribution in [0.4, 0.5) is 4.39 Å². The Bertz CT molecular complexity index is 759. The van der Waals surface area contributed by atoms with Gasteiger partial charge in [0, 0.05) is 31.5 Å². The average Bonchev–Trinajstić information content (AvgIpc) is 2.84. The van der Waals surface area contributed by atoms with Crippen molar-refractivity contribution >= 4 is 17.7 Å². The van der Waals surface area contributed by atoms with Crippen LogP contribution < -0.4 is 0 Å². The number of rotatable bonds is 4. The van der Waals surface area contributed by atoms with E-state index in [1.807, 2.05) is 30.8 Å². The van der Waals surface area contributed by atoms with Crippen molar-refractivity contribution in [1.29, 1.82) is 0 Å².